The highest BCUT2D eigenvalue weighted by atomic mass is 35.5. The first-order valence-corrected chi connectivity index (χ1v) is 9.46. The Morgan fingerprint density at radius 2 is 2.07 bits per heavy atom. The second-order valence-electron chi connectivity index (χ2n) is 6.83. The van der Waals surface area contributed by atoms with Crippen molar-refractivity contribution < 1.29 is 14.3 Å². The number of hydrogen-bond donors (Lipinski definition) is 0. The molecule has 0 saturated carbocycles. The molecule has 2 aromatic rings. The minimum absolute atomic E-state index is 0.152. The summed E-state index contributed by atoms with van der Waals surface area (Å²) in [7, 11) is 1.64. The maximum absolute atomic E-state index is 13.0. The number of anilines is 1. The zero-order valence-corrected chi connectivity index (χ0v) is 16.0. The standard InChI is InChI=1S/C20H22ClN3O3/c1-26-16-2-3-19-14(11-16)10-15(13-27-19)20(25)24-8-6-23(7-9-24)18-4-5-22-12-17(18)21/h2-5,11-12,15H,6-10,13H2,1H3. The van der Waals surface area contributed by atoms with Crippen LogP contribution >= 0.6 is 11.6 Å². The number of amides is 1. The molecule has 0 bridgehead atoms. The Hall–Kier alpha value is -2.47. The molecule has 0 radical (unpaired) electrons. The largest absolute Gasteiger partial charge is 0.497 e. The van der Waals surface area contributed by atoms with Crippen LogP contribution in [0.4, 0.5) is 5.69 Å². The maximum atomic E-state index is 13.0. The third-order valence-corrected chi connectivity index (χ3v) is 5.50. The Kier molecular flexibility index (Phi) is 5.07. The number of hydrogen-bond acceptors (Lipinski definition) is 5. The SMILES string of the molecule is COc1ccc2c(c1)CC(C(=O)N1CCN(c3ccncc3Cl)CC1)CO2. The molecule has 1 amide bonds. The van der Waals surface area contributed by atoms with Crippen LogP contribution in [0.3, 0.4) is 0 Å². The van der Waals surface area contributed by atoms with Crippen LogP contribution < -0.4 is 14.4 Å². The van der Waals surface area contributed by atoms with Gasteiger partial charge in [-0.2, -0.15) is 0 Å². The van der Waals surface area contributed by atoms with E-state index in [9.17, 15) is 4.79 Å². The van der Waals surface area contributed by atoms with Crippen LogP contribution in [-0.2, 0) is 11.2 Å². The maximum Gasteiger partial charge on any atom is 0.229 e. The molecule has 142 valence electrons. The van der Waals surface area contributed by atoms with Gasteiger partial charge in [-0.3, -0.25) is 9.78 Å². The van der Waals surface area contributed by atoms with Crippen molar-refractivity contribution in [2.45, 2.75) is 6.42 Å². The number of carbonyl (C=O) groups excluding carboxylic acids is 1. The van der Waals surface area contributed by atoms with Crippen molar-refractivity contribution in [3.63, 3.8) is 0 Å². The number of benzene rings is 1. The molecule has 1 fully saturated rings. The summed E-state index contributed by atoms with van der Waals surface area (Å²) in [6.45, 7) is 3.30. The lowest BCUT2D eigenvalue weighted by Crippen LogP contribution is -2.51. The van der Waals surface area contributed by atoms with Gasteiger partial charge in [0.15, 0.2) is 0 Å². The number of halogens is 1. The Morgan fingerprint density at radius 1 is 1.26 bits per heavy atom. The zero-order valence-electron chi connectivity index (χ0n) is 15.2. The molecule has 1 unspecified atom stereocenters. The molecule has 1 aromatic carbocycles. The van der Waals surface area contributed by atoms with Crippen molar-refractivity contribution in [1.29, 1.82) is 0 Å². The van der Waals surface area contributed by atoms with E-state index in [-0.39, 0.29) is 11.8 Å². The van der Waals surface area contributed by atoms with Crippen LogP contribution in [0.15, 0.2) is 36.7 Å². The molecular weight excluding hydrogens is 366 g/mol. The topological polar surface area (TPSA) is 54.9 Å². The van der Waals surface area contributed by atoms with Gasteiger partial charge >= 0.3 is 0 Å². The number of nitrogens with zero attached hydrogens (tertiary/aromatic N) is 3. The predicted octanol–water partition coefficient (Wildman–Crippen LogP) is 2.64. The molecule has 0 spiro atoms. The van der Waals surface area contributed by atoms with E-state index in [4.69, 9.17) is 21.1 Å². The van der Waals surface area contributed by atoms with E-state index in [0.29, 0.717) is 31.1 Å². The lowest BCUT2D eigenvalue weighted by atomic mass is 9.95. The average Bonchev–Trinajstić information content (AvgIpc) is 2.73. The summed E-state index contributed by atoms with van der Waals surface area (Å²) in [6, 6.07) is 7.66. The summed E-state index contributed by atoms with van der Waals surface area (Å²) in [5.74, 6) is 1.63. The molecule has 1 aromatic heterocycles. The highest BCUT2D eigenvalue weighted by Crippen LogP contribution is 2.32. The molecule has 0 N–H and O–H groups in total. The van der Waals surface area contributed by atoms with Gasteiger partial charge < -0.3 is 19.3 Å². The first kappa shape index (κ1) is 17.9. The minimum atomic E-state index is -0.152. The van der Waals surface area contributed by atoms with Gasteiger partial charge in [-0.1, -0.05) is 11.6 Å². The van der Waals surface area contributed by atoms with Crippen molar-refractivity contribution >= 4 is 23.2 Å². The highest BCUT2D eigenvalue weighted by Gasteiger charge is 2.31. The number of pyridine rings is 1. The summed E-state index contributed by atoms with van der Waals surface area (Å²) in [5, 5.41) is 0.642. The van der Waals surface area contributed by atoms with Gasteiger partial charge in [0.25, 0.3) is 0 Å². The van der Waals surface area contributed by atoms with Crippen LogP contribution in [0, 0.1) is 5.92 Å². The Labute approximate surface area is 163 Å². The molecular formula is C20H22ClN3O3. The van der Waals surface area contributed by atoms with Crippen molar-refractivity contribution in [3.05, 3.63) is 47.2 Å². The van der Waals surface area contributed by atoms with Crippen LogP contribution in [-0.4, -0.2) is 55.7 Å². The van der Waals surface area contributed by atoms with Gasteiger partial charge in [0, 0.05) is 38.6 Å². The second kappa shape index (κ2) is 7.64. The number of fused-ring (bicyclic) bond motifs is 1. The van der Waals surface area contributed by atoms with Crippen molar-refractivity contribution in [3.8, 4) is 11.5 Å². The van der Waals surface area contributed by atoms with Crippen molar-refractivity contribution in [2.24, 2.45) is 5.92 Å². The molecule has 1 saturated heterocycles. The molecule has 27 heavy (non-hydrogen) atoms. The third kappa shape index (κ3) is 3.67. The Morgan fingerprint density at radius 3 is 2.81 bits per heavy atom. The number of aromatic nitrogens is 1. The lowest BCUT2D eigenvalue weighted by molar-refractivity contribution is -0.137. The molecule has 6 nitrogen and oxygen atoms in total. The summed E-state index contributed by atoms with van der Waals surface area (Å²) in [5.41, 5.74) is 2.00. The fourth-order valence-electron chi connectivity index (χ4n) is 3.71. The van der Waals surface area contributed by atoms with Crippen LogP contribution in [0.1, 0.15) is 5.56 Å². The first-order chi connectivity index (χ1) is 13.2. The molecule has 3 heterocycles. The molecule has 0 aliphatic carbocycles. The van der Waals surface area contributed by atoms with Crippen LogP contribution in [0.25, 0.3) is 0 Å². The number of ether oxygens (including phenoxy) is 2. The highest BCUT2D eigenvalue weighted by molar-refractivity contribution is 6.33. The van der Waals surface area contributed by atoms with E-state index in [1.54, 1.807) is 19.5 Å². The summed E-state index contributed by atoms with van der Waals surface area (Å²) in [4.78, 5) is 21.2. The number of methoxy groups -OCH3 is 1. The summed E-state index contributed by atoms with van der Waals surface area (Å²) < 4.78 is 11.1. The number of carbonyl (C=O) groups is 1. The summed E-state index contributed by atoms with van der Waals surface area (Å²) >= 11 is 6.24. The van der Waals surface area contributed by atoms with Crippen LogP contribution in [0.2, 0.25) is 5.02 Å². The fourth-order valence-corrected chi connectivity index (χ4v) is 3.95. The quantitative estimate of drug-likeness (QED) is 0.810. The molecule has 1 atom stereocenters. The Bertz CT molecular complexity index is 837. The molecule has 4 rings (SSSR count). The van der Waals surface area contributed by atoms with E-state index in [1.807, 2.05) is 29.2 Å². The van der Waals surface area contributed by atoms with Crippen molar-refractivity contribution in [1.82, 2.24) is 9.88 Å². The van der Waals surface area contributed by atoms with Gasteiger partial charge in [-0.25, -0.2) is 0 Å². The van der Waals surface area contributed by atoms with Gasteiger partial charge in [0.2, 0.25) is 5.91 Å². The second-order valence-corrected chi connectivity index (χ2v) is 7.23. The monoisotopic (exact) mass is 387 g/mol. The zero-order chi connectivity index (χ0) is 18.8. The average molecular weight is 388 g/mol. The van der Waals surface area contributed by atoms with Gasteiger partial charge in [-0.05, 0) is 36.2 Å². The minimum Gasteiger partial charge on any atom is -0.497 e. The van der Waals surface area contributed by atoms with E-state index < -0.39 is 0 Å². The number of rotatable bonds is 3. The van der Waals surface area contributed by atoms with Crippen molar-refractivity contribution in [2.75, 3.05) is 44.8 Å². The third-order valence-electron chi connectivity index (χ3n) is 5.21. The van der Waals surface area contributed by atoms with Crippen LogP contribution in [0.5, 0.6) is 11.5 Å². The van der Waals surface area contributed by atoms with Gasteiger partial charge in [0.05, 0.1) is 23.7 Å². The van der Waals surface area contributed by atoms with E-state index in [0.717, 1.165) is 35.8 Å². The van der Waals surface area contributed by atoms with Gasteiger partial charge in [0.1, 0.15) is 18.1 Å². The predicted molar refractivity (Wildman–Crippen MR) is 104 cm³/mol. The van der Waals surface area contributed by atoms with Gasteiger partial charge in [-0.15, -0.1) is 0 Å². The summed E-state index contributed by atoms with van der Waals surface area (Å²) in [6.07, 6.45) is 4.07. The number of piperazine rings is 1. The van der Waals surface area contributed by atoms with E-state index in [2.05, 4.69) is 9.88 Å². The molecule has 2 aliphatic rings. The normalized spacial score (nSPS) is 19.3. The first-order valence-electron chi connectivity index (χ1n) is 9.08. The Balaban J connectivity index is 1.39. The molecule has 2 aliphatic heterocycles. The molecule has 7 heteroatoms. The van der Waals surface area contributed by atoms with E-state index >= 15 is 0 Å². The lowest BCUT2D eigenvalue weighted by Gasteiger charge is -2.38. The fraction of sp³-hybridized carbons (Fsp3) is 0.400. The van der Waals surface area contributed by atoms with E-state index in [1.165, 1.54) is 0 Å². The smallest absolute Gasteiger partial charge is 0.229 e.